The predicted molar refractivity (Wildman–Crippen MR) is 102 cm³/mol. The van der Waals surface area contributed by atoms with Crippen LogP contribution in [0.25, 0.3) is 0 Å². The molecule has 0 heterocycles. The summed E-state index contributed by atoms with van der Waals surface area (Å²) in [7, 11) is 0. The van der Waals surface area contributed by atoms with E-state index in [0.29, 0.717) is 12.8 Å². The van der Waals surface area contributed by atoms with Crippen molar-refractivity contribution < 1.29 is 19.4 Å². The fourth-order valence-electron chi connectivity index (χ4n) is 2.78. The third-order valence-corrected chi connectivity index (χ3v) is 4.07. The number of rotatable bonds is 3. The maximum absolute atomic E-state index is 11.5. The SMILES string of the molecule is CC(C)(C)OC(=O)N[C@H]1CCC[C@@H](C(=O)O)C1.C[C@@H](N)c1ccccc1. The minimum atomic E-state index is -0.777. The van der Waals surface area contributed by atoms with Gasteiger partial charge in [0, 0.05) is 12.1 Å². The number of carboxylic acids is 1. The fourth-order valence-corrected chi connectivity index (χ4v) is 2.78. The first-order chi connectivity index (χ1) is 12.1. The summed E-state index contributed by atoms with van der Waals surface area (Å²) in [5.74, 6) is -1.12. The molecule has 6 heteroatoms. The van der Waals surface area contributed by atoms with Gasteiger partial charge in [-0.15, -0.1) is 0 Å². The Labute approximate surface area is 156 Å². The predicted octanol–water partition coefficient (Wildman–Crippen LogP) is 3.86. The molecule has 146 valence electrons. The number of hydrogen-bond donors (Lipinski definition) is 3. The normalized spacial score (nSPS) is 21.0. The van der Waals surface area contributed by atoms with Crippen LogP contribution in [0.2, 0.25) is 0 Å². The Morgan fingerprint density at radius 3 is 2.31 bits per heavy atom. The van der Waals surface area contributed by atoms with E-state index < -0.39 is 17.7 Å². The van der Waals surface area contributed by atoms with Gasteiger partial charge in [0.05, 0.1) is 5.92 Å². The van der Waals surface area contributed by atoms with E-state index in [4.69, 9.17) is 15.6 Å². The van der Waals surface area contributed by atoms with E-state index in [-0.39, 0.29) is 18.0 Å². The number of carboxylic acid groups (broad SMARTS) is 1. The standard InChI is InChI=1S/C12H21NO4.C8H11N/c1-12(2,3)17-11(16)13-9-6-4-5-8(7-9)10(14)15;1-7(9)8-5-3-2-4-6-8/h8-9H,4-7H2,1-3H3,(H,13,16)(H,14,15);2-7H,9H2,1H3/t8-,9+;7-/m11/s1. The van der Waals surface area contributed by atoms with Gasteiger partial charge in [0.25, 0.3) is 0 Å². The molecule has 1 saturated carbocycles. The minimum absolute atomic E-state index is 0.0836. The minimum Gasteiger partial charge on any atom is -0.481 e. The first-order valence-corrected chi connectivity index (χ1v) is 9.11. The Hall–Kier alpha value is -2.08. The van der Waals surface area contributed by atoms with E-state index in [2.05, 4.69) is 5.32 Å². The highest BCUT2D eigenvalue weighted by Gasteiger charge is 2.28. The maximum Gasteiger partial charge on any atom is 0.407 e. The summed E-state index contributed by atoms with van der Waals surface area (Å²) in [4.78, 5) is 22.4. The van der Waals surface area contributed by atoms with Gasteiger partial charge in [-0.25, -0.2) is 4.79 Å². The summed E-state index contributed by atoms with van der Waals surface area (Å²) in [6.07, 6.45) is 2.38. The smallest absolute Gasteiger partial charge is 0.407 e. The Morgan fingerprint density at radius 2 is 1.85 bits per heavy atom. The highest BCUT2D eigenvalue weighted by molar-refractivity contribution is 5.71. The van der Waals surface area contributed by atoms with Crippen molar-refractivity contribution >= 4 is 12.1 Å². The second-order valence-electron chi connectivity index (χ2n) is 7.74. The molecule has 0 bridgehead atoms. The molecule has 0 aromatic heterocycles. The van der Waals surface area contributed by atoms with Gasteiger partial charge in [-0.3, -0.25) is 4.79 Å². The highest BCUT2D eigenvalue weighted by atomic mass is 16.6. The topological polar surface area (TPSA) is 102 Å². The van der Waals surface area contributed by atoms with Gasteiger partial charge in [0.15, 0.2) is 0 Å². The molecule has 0 radical (unpaired) electrons. The molecule has 1 aromatic rings. The second kappa shape index (κ2) is 10.2. The zero-order valence-electron chi connectivity index (χ0n) is 16.2. The van der Waals surface area contributed by atoms with Gasteiger partial charge in [0.1, 0.15) is 5.60 Å². The van der Waals surface area contributed by atoms with E-state index in [1.165, 1.54) is 5.56 Å². The van der Waals surface area contributed by atoms with Gasteiger partial charge in [0.2, 0.25) is 0 Å². The molecule has 26 heavy (non-hydrogen) atoms. The van der Waals surface area contributed by atoms with Gasteiger partial charge in [-0.05, 0) is 52.5 Å². The van der Waals surface area contributed by atoms with Crippen molar-refractivity contribution in [1.29, 1.82) is 0 Å². The number of alkyl carbamates (subject to hydrolysis) is 1. The van der Waals surface area contributed by atoms with E-state index >= 15 is 0 Å². The number of aliphatic carboxylic acids is 1. The van der Waals surface area contributed by atoms with Crippen LogP contribution in [0.5, 0.6) is 0 Å². The van der Waals surface area contributed by atoms with Crippen molar-refractivity contribution in [3.8, 4) is 0 Å². The van der Waals surface area contributed by atoms with Gasteiger partial charge < -0.3 is 20.9 Å². The summed E-state index contributed by atoms with van der Waals surface area (Å²) in [6.45, 7) is 7.38. The lowest BCUT2D eigenvalue weighted by Crippen LogP contribution is -2.42. The molecular weight excluding hydrogens is 332 g/mol. The molecule has 2 rings (SSSR count). The monoisotopic (exact) mass is 364 g/mol. The number of nitrogens with two attached hydrogens (primary N) is 1. The van der Waals surface area contributed by atoms with Crippen LogP contribution in [0.4, 0.5) is 4.79 Å². The van der Waals surface area contributed by atoms with Crippen molar-refractivity contribution in [2.75, 3.05) is 0 Å². The largest absolute Gasteiger partial charge is 0.481 e. The number of benzene rings is 1. The molecule has 1 aliphatic rings. The Balaban J connectivity index is 0.000000314. The van der Waals surface area contributed by atoms with Crippen LogP contribution < -0.4 is 11.1 Å². The number of carbonyl (C=O) groups is 2. The summed E-state index contributed by atoms with van der Waals surface area (Å²) < 4.78 is 5.14. The van der Waals surface area contributed by atoms with E-state index in [9.17, 15) is 9.59 Å². The number of nitrogens with one attached hydrogen (secondary N) is 1. The molecule has 1 aliphatic carbocycles. The molecule has 0 saturated heterocycles. The zero-order chi connectivity index (χ0) is 19.7. The van der Waals surface area contributed by atoms with Gasteiger partial charge in [-0.1, -0.05) is 36.8 Å². The Kier molecular flexibility index (Phi) is 8.58. The summed E-state index contributed by atoms with van der Waals surface area (Å²) in [5, 5.41) is 11.7. The lowest BCUT2D eigenvalue weighted by molar-refractivity contribution is -0.143. The third kappa shape index (κ3) is 8.85. The van der Waals surface area contributed by atoms with Gasteiger partial charge in [-0.2, -0.15) is 0 Å². The molecule has 3 atom stereocenters. The molecular formula is C20H32N2O4. The lowest BCUT2D eigenvalue weighted by Gasteiger charge is -2.28. The van der Waals surface area contributed by atoms with Crippen LogP contribution in [-0.4, -0.2) is 28.8 Å². The number of ether oxygens (including phenoxy) is 1. The average Bonchev–Trinajstić information content (AvgIpc) is 2.54. The van der Waals surface area contributed by atoms with Crippen molar-refractivity contribution in [3.05, 3.63) is 35.9 Å². The Bertz CT molecular complexity index is 567. The first kappa shape index (κ1) is 22.0. The van der Waals surface area contributed by atoms with Crippen LogP contribution in [0.3, 0.4) is 0 Å². The van der Waals surface area contributed by atoms with Crippen LogP contribution in [0.1, 0.15) is 65.0 Å². The summed E-state index contributed by atoms with van der Waals surface area (Å²) >= 11 is 0. The van der Waals surface area contributed by atoms with Crippen molar-refractivity contribution in [2.45, 2.75) is 71.1 Å². The first-order valence-electron chi connectivity index (χ1n) is 9.11. The van der Waals surface area contributed by atoms with Crippen molar-refractivity contribution in [3.63, 3.8) is 0 Å². The van der Waals surface area contributed by atoms with Crippen LogP contribution in [0.15, 0.2) is 30.3 Å². The maximum atomic E-state index is 11.5. The van der Waals surface area contributed by atoms with E-state index in [0.717, 1.165) is 12.8 Å². The molecule has 0 spiro atoms. The Morgan fingerprint density at radius 1 is 1.23 bits per heavy atom. The molecule has 0 aliphatic heterocycles. The molecule has 1 fully saturated rings. The third-order valence-electron chi connectivity index (χ3n) is 4.07. The highest BCUT2D eigenvalue weighted by Crippen LogP contribution is 2.24. The fraction of sp³-hybridized carbons (Fsp3) is 0.600. The van der Waals surface area contributed by atoms with Crippen LogP contribution >= 0.6 is 0 Å². The second-order valence-corrected chi connectivity index (χ2v) is 7.74. The molecule has 1 amide bonds. The number of carbonyl (C=O) groups excluding carboxylic acids is 1. The van der Waals surface area contributed by atoms with E-state index in [1.807, 2.05) is 37.3 Å². The van der Waals surface area contributed by atoms with Crippen molar-refractivity contribution in [2.24, 2.45) is 11.7 Å². The average molecular weight is 364 g/mol. The summed E-state index contributed by atoms with van der Waals surface area (Å²) in [5.41, 5.74) is 6.28. The number of amides is 1. The van der Waals surface area contributed by atoms with Crippen LogP contribution in [0, 0.1) is 5.92 Å². The molecule has 0 unspecified atom stereocenters. The zero-order valence-corrected chi connectivity index (χ0v) is 16.2. The molecule has 1 aromatic carbocycles. The van der Waals surface area contributed by atoms with Gasteiger partial charge >= 0.3 is 12.1 Å². The van der Waals surface area contributed by atoms with E-state index in [1.54, 1.807) is 20.8 Å². The summed E-state index contributed by atoms with van der Waals surface area (Å²) in [6, 6.07) is 10.1. The van der Waals surface area contributed by atoms with Crippen molar-refractivity contribution in [1.82, 2.24) is 5.32 Å². The molecule has 6 nitrogen and oxygen atoms in total. The lowest BCUT2D eigenvalue weighted by atomic mass is 9.86. The number of hydrogen-bond acceptors (Lipinski definition) is 4. The quantitative estimate of drug-likeness (QED) is 0.756. The molecule has 4 N–H and O–H groups in total. The van der Waals surface area contributed by atoms with Crippen LogP contribution in [-0.2, 0) is 9.53 Å².